The number of ether oxygens (including phenoxy) is 2. The molecule has 4 nitrogen and oxygen atoms in total. The van der Waals surface area contributed by atoms with Crippen molar-refractivity contribution in [2.45, 2.75) is 56.1 Å². The molecule has 1 amide bonds. The first kappa shape index (κ1) is 16.8. The van der Waals surface area contributed by atoms with E-state index in [-0.39, 0.29) is 18.0 Å². The second-order valence-corrected chi connectivity index (χ2v) is 7.84. The number of benzene rings is 1. The number of fused-ring (bicyclic) bond motifs is 1. The third kappa shape index (κ3) is 4.27. The maximum Gasteiger partial charge on any atom is 0.233 e. The molecule has 1 aliphatic carbocycles. The lowest BCUT2D eigenvalue weighted by molar-refractivity contribution is -0.121. The SMILES string of the molecule is CC(SCc1cc(Cl)c2c(c1)OCO2)C(=O)NC1CCCCC1. The Balaban J connectivity index is 1.51. The zero-order valence-corrected chi connectivity index (χ0v) is 14.8. The van der Waals surface area contributed by atoms with Gasteiger partial charge in [0.25, 0.3) is 0 Å². The summed E-state index contributed by atoms with van der Waals surface area (Å²) in [5.74, 6) is 2.15. The van der Waals surface area contributed by atoms with Crippen molar-refractivity contribution in [3.8, 4) is 11.5 Å². The van der Waals surface area contributed by atoms with Gasteiger partial charge in [0.1, 0.15) is 0 Å². The van der Waals surface area contributed by atoms with Crippen molar-refractivity contribution in [2.24, 2.45) is 0 Å². The van der Waals surface area contributed by atoms with Gasteiger partial charge in [0.2, 0.25) is 12.7 Å². The Morgan fingerprint density at radius 2 is 2.13 bits per heavy atom. The number of nitrogens with one attached hydrogen (secondary N) is 1. The predicted octanol–water partition coefficient (Wildman–Crippen LogP) is 4.14. The Bertz CT molecular complexity index is 575. The van der Waals surface area contributed by atoms with E-state index in [0.717, 1.165) is 24.2 Å². The minimum absolute atomic E-state index is 0.0823. The molecule has 1 saturated carbocycles. The molecule has 1 aliphatic heterocycles. The van der Waals surface area contributed by atoms with Crippen molar-refractivity contribution >= 4 is 29.3 Å². The number of halogens is 1. The van der Waals surface area contributed by atoms with Crippen LogP contribution in [-0.2, 0) is 10.5 Å². The molecule has 0 radical (unpaired) electrons. The first-order chi connectivity index (χ1) is 11.1. The average molecular weight is 356 g/mol. The van der Waals surface area contributed by atoms with E-state index in [1.54, 1.807) is 11.8 Å². The summed E-state index contributed by atoms with van der Waals surface area (Å²) in [5, 5.41) is 3.66. The molecule has 1 aromatic rings. The highest BCUT2D eigenvalue weighted by Crippen LogP contribution is 2.40. The van der Waals surface area contributed by atoms with Gasteiger partial charge in [-0.15, -0.1) is 11.8 Å². The molecule has 1 fully saturated rings. The Kier molecular flexibility index (Phi) is 5.59. The second kappa shape index (κ2) is 7.67. The van der Waals surface area contributed by atoms with Gasteiger partial charge in [-0.05, 0) is 37.5 Å². The fourth-order valence-corrected chi connectivity index (χ4v) is 4.08. The first-order valence-electron chi connectivity index (χ1n) is 8.13. The summed E-state index contributed by atoms with van der Waals surface area (Å²) in [7, 11) is 0. The van der Waals surface area contributed by atoms with Crippen LogP contribution in [0.5, 0.6) is 11.5 Å². The molecule has 1 heterocycles. The first-order valence-corrected chi connectivity index (χ1v) is 9.56. The van der Waals surface area contributed by atoms with E-state index in [0.29, 0.717) is 22.6 Å². The monoisotopic (exact) mass is 355 g/mol. The van der Waals surface area contributed by atoms with Crippen LogP contribution in [0.3, 0.4) is 0 Å². The van der Waals surface area contributed by atoms with Gasteiger partial charge < -0.3 is 14.8 Å². The number of amides is 1. The van der Waals surface area contributed by atoms with Crippen molar-refractivity contribution in [1.82, 2.24) is 5.32 Å². The number of hydrogen-bond donors (Lipinski definition) is 1. The molecule has 0 aromatic heterocycles. The predicted molar refractivity (Wildman–Crippen MR) is 93.3 cm³/mol. The number of carbonyl (C=O) groups excluding carboxylic acids is 1. The lowest BCUT2D eigenvalue weighted by Crippen LogP contribution is -2.40. The molecule has 2 aliphatic rings. The Hall–Kier alpha value is -1.07. The Labute approximate surface area is 146 Å². The molecule has 3 rings (SSSR count). The summed E-state index contributed by atoms with van der Waals surface area (Å²) >= 11 is 7.80. The lowest BCUT2D eigenvalue weighted by Gasteiger charge is -2.24. The summed E-state index contributed by atoms with van der Waals surface area (Å²) in [6.45, 7) is 2.17. The van der Waals surface area contributed by atoms with Gasteiger partial charge in [0.15, 0.2) is 11.5 Å². The number of hydrogen-bond acceptors (Lipinski definition) is 4. The highest BCUT2D eigenvalue weighted by molar-refractivity contribution is 7.99. The highest BCUT2D eigenvalue weighted by atomic mass is 35.5. The number of carbonyl (C=O) groups is 1. The van der Waals surface area contributed by atoms with Crippen LogP contribution in [-0.4, -0.2) is 24.0 Å². The summed E-state index contributed by atoms with van der Waals surface area (Å²) in [5.41, 5.74) is 1.04. The number of rotatable bonds is 5. The van der Waals surface area contributed by atoms with E-state index in [9.17, 15) is 4.79 Å². The van der Waals surface area contributed by atoms with Crippen LogP contribution in [0, 0.1) is 0 Å². The molecule has 6 heteroatoms. The van der Waals surface area contributed by atoms with Crippen LogP contribution in [0.25, 0.3) is 0 Å². The smallest absolute Gasteiger partial charge is 0.233 e. The van der Waals surface area contributed by atoms with Crippen LogP contribution < -0.4 is 14.8 Å². The van der Waals surface area contributed by atoms with Gasteiger partial charge in [-0.25, -0.2) is 0 Å². The molecule has 0 spiro atoms. The lowest BCUT2D eigenvalue weighted by atomic mass is 9.95. The quantitative estimate of drug-likeness (QED) is 0.862. The second-order valence-electron chi connectivity index (χ2n) is 6.11. The molecule has 23 heavy (non-hydrogen) atoms. The van der Waals surface area contributed by atoms with Crippen LogP contribution in [0.1, 0.15) is 44.6 Å². The van der Waals surface area contributed by atoms with Crippen LogP contribution in [0.15, 0.2) is 12.1 Å². The summed E-state index contributed by atoms with van der Waals surface area (Å²) in [6, 6.07) is 4.18. The molecular weight excluding hydrogens is 334 g/mol. The largest absolute Gasteiger partial charge is 0.454 e. The van der Waals surface area contributed by atoms with Crippen molar-refractivity contribution < 1.29 is 14.3 Å². The standard InChI is InChI=1S/C17H22ClNO3S/c1-11(17(20)19-13-5-3-2-4-6-13)23-9-12-7-14(18)16-15(8-12)21-10-22-16/h7-8,11,13H,2-6,9-10H2,1H3,(H,19,20). The van der Waals surface area contributed by atoms with E-state index in [1.807, 2.05) is 19.1 Å². The van der Waals surface area contributed by atoms with Crippen LogP contribution in [0.4, 0.5) is 0 Å². The summed E-state index contributed by atoms with van der Waals surface area (Å²) in [4.78, 5) is 12.3. The molecular formula is C17H22ClNO3S. The molecule has 1 N–H and O–H groups in total. The molecule has 1 aromatic carbocycles. The van der Waals surface area contributed by atoms with Crippen LogP contribution in [0.2, 0.25) is 5.02 Å². The fraction of sp³-hybridized carbons (Fsp3) is 0.588. The van der Waals surface area contributed by atoms with Gasteiger partial charge in [0.05, 0.1) is 10.3 Å². The van der Waals surface area contributed by atoms with E-state index in [4.69, 9.17) is 21.1 Å². The van der Waals surface area contributed by atoms with Crippen molar-refractivity contribution in [3.05, 3.63) is 22.7 Å². The zero-order valence-electron chi connectivity index (χ0n) is 13.3. The third-order valence-electron chi connectivity index (χ3n) is 4.31. The highest BCUT2D eigenvalue weighted by Gasteiger charge is 2.21. The Morgan fingerprint density at radius 3 is 2.91 bits per heavy atom. The third-order valence-corrected chi connectivity index (χ3v) is 5.80. The minimum atomic E-state index is -0.0823. The van der Waals surface area contributed by atoms with E-state index >= 15 is 0 Å². The average Bonchev–Trinajstić information content (AvgIpc) is 3.02. The van der Waals surface area contributed by atoms with Gasteiger partial charge >= 0.3 is 0 Å². The van der Waals surface area contributed by atoms with E-state index in [2.05, 4.69) is 5.32 Å². The molecule has 0 saturated heterocycles. The maximum atomic E-state index is 12.3. The van der Waals surface area contributed by atoms with Crippen LogP contribution >= 0.6 is 23.4 Å². The van der Waals surface area contributed by atoms with Gasteiger partial charge in [0, 0.05) is 11.8 Å². The van der Waals surface area contributed by atoms with Crippen molar-refractivity contribution in [1.29, 1.82) is 0 Å². The minimum Gasteiger partial charge on any atom is -0.454 e. The molecule has 1 atom stereocenters. The fourth-order valence-electron chi connectivity index (χ4n) is 2.97. The van der Waals surface area contributed by atoms with Gasteiger partial charge in [-0.1, -0.05) is 30.9 Å². The van der Waals surface area contributed by atoms with E-state index < -0.39 is 0 Å². The summed E-state index contributed by atoms with van der Waals surface area (Å²) < 4.78 is 10.7. The molecule has 1 unspecified atom stereocenters. The maximum absolute atomic E-state index is 12.3. The zero-order chi connectivity index (χ0) is 16.2. The van der Waals surface area contributed by atoms with Crippen molar-refractivity contribution in [2.75, 3.05) is 6.79 Å². The molecule has 126 valence electrons. The topological polar surface area (TPSA) is 47.6 Å². The Morgan fingerprint density at radius 1 is 1.35 bits per heavy atom. The van der Waals surface area contributed by atoms with Crippen molar-refractivity contribution in [3.63, 3.8) is 0 Å². The molecule has 0 bridgehead atoms. The van der Waals surface area contributed by atoms with Gasteiger partial charge in [-0.3, -0.25) is 4.79 Å². The van der Waals surface area contributed by atoms with E-state index in [1.165, 1.54) is 19.3 Å². The van der Waals surface area contributed by atoms with Gasteiger partial charge in [-0.2, -0.15) is 0 Å². The number of thioether (sulfide) groups is 1. The summed E-state index contributed by atoms with van der Waals surface area (Å²) in [6.07, 6.45) is 5.97. The normalized spacial score (nSPS) is 18.7.